The number of nitrogens with zero attached hydrogens (tertiary/aromatic N) is 1. The Hall–Kier alpha value is -0.510. The van der Waals surface area contributed by atoms with Crippen LogP contribution >= 0.6 is 15.9 Å². The summed E-state index contributed by atoms with van der Waals surface area (Å²) in [7, 11) is 0. The summed E-state index contributed by atoms with van der Waals surface area (Å²) in [5, 5.41) is 0. The number of ether oxygens (including phenoxy) is 1. The maximum absolute atomic E-state index is 12.3. The first-order chi connectivity index (χ1) is 10.3. The van der Waals surface area contributed by atoms with Crippen molar-refractivity contribution >= 4 is 22.0 Å². The van der Waals surface area contributed by atoms with Crippen molar-refractivity contribution in [2.24, 2.45) is 0 Å². The van der Waals surface area contributed by atoms with Gasteiger partial charge in [-0.05, 0) is 44.1 Å². The van der Waals surface area contributed by atoms with Crippen molar-refractivity contribution in [1.82, 2.24) is 4.90 Å². The van der Waals surface area contributed by atoms with Crippen LogP contribution in [0.15, 0.2) is 10.1 Å². The highest BCUT2D eigenvalue weighted by Gasteiger charge is 2.24. The van der Waals surface area contributed by atoms with Gasteiger partial charge in [0, 0.05) is 22.6 Å². The predicted molar refractivity (Wildman–Crippen MR) is 64.1 cm³/mol. The van der Waals surface area contributed by atoms with Gasteiger partial charge in [0.25, 0.3) is 0 Å². The molecule has 0 radical (unpaired) electrons. The number of hydrogen-bond acceptors (Lipinski definition) is 2. The summed E-state index contributed by atoms with van der Waals surface area (Å²) in [4.78, 5) is 12.2. The van der Waals surface area contributed by atoms with E-state index in [0.29, 0.717) is 0 Å². The quantitative estimate of drug-likeness (QED) is 0.683. The van der Waals surface area contributed by atoms with Gasteiger partial charge >= 0.3 is 6.09 Å². The zero-order valence-electron chi connectivity index (χ0n) is 17.6. The minimum Gasteiger partial charge on any atom is -0.444 e. The molecule has 0 saturated heterocycles. The fourth-order valence-electron chi connectivity index (χ4n) is 0.755. The van der Waals surface area contributed by atoms with Crippen LogP contribution < -0.4 is 0 Å². The topological polar surface area (TPSA) is 29.5 Å². The molecular weight excluding hydrogens is 258 g/mol. The summed E-state index contributed by atoms with van der Waals surface area (Å²) >= 11 is 2.69. The van der Waals surface area contributed by atoms with Gasteiger partial charge in [-0.15, -0.1) is 0 Å². The van der Waals surface area contributed by atoms with E-state index in [1.54, 1.807) is 0 Å². The zero-order valence-corrected chi connectivity index (χ0v) is 10.2. The number of hydrogen-bond donors (Lipinski definition) is 0. The van der Waals surface area contributed by atoms with E-state index in [-0.39, 0.29) is 4.90 Å². The molecule has 1 aliphatic rings. The number of carbonyl (C=O) groups is 1. The Morgan fingerprint density at radius 2 is 2.33 bits per heavy atom. The minimum atomic E-state index is -3.20. The SMILES string of the molecule is [2H]C([2H])([2H])C1=C(Br)C([2H])([2H])C([2H])([2H])N(C(=O)OC(C)(C)C)C1([2H])[2H]. The highest BCUT2D eigenvalue weighted by atomic mass is 79.9. The van der Waals surface area contributed by atoms with Crippen molar-refractivity contribution in [3.63, 3.8) is 0 Å². The molecular formula is C11H18BrNO2. The first-order valence-electron chi connectivity index (χ1n) is 8.72. The second-order valence-electron chi connectivity index (χ2n) is 3.85. The first-order valence-corrected chi connectivity index (χ1v) is 5.02. The van der Waals surface area contributed by atoms with Crippen LogP contribution in [0, 0.1) is 0 Å². The molecule has 0 saturated carbocycles. The third-order valence-corrected chi connectivity index (χ3v) is 1.89. The van der Waals surface area contributed by atoms with E-state index in [4.69, 9.17) is 17.1 Å². The fourth-order valence-corrected chi connectivity index (χ4v) is 0.932. The summed E-state index contributed by atoms with van der Waals surface area (Å²) < 4.78 is 74.3. The van der Waals surface area contributed by atoms with Crippen LogP contribution in [0.3, 0.4) is 0 Å². The summed E-state index contributed by atoms with van der Waals surface area (Å²) in [6, 6.07) is 0. The van der Waals surface area contributed by atoms with Crippen molar-refractivity contribution in [2.75, 3.05) is 13.0 Å². The van der Waals surface area contributed by atoms with E-state index in [2.05, 4.69) is 15.9 Å². The van der Waals surface area contributed by atoms with Gasteiger partial charge in [-0.3, -0.25) is 0 Å². The molecule has 15 heavy (non-hydrogen) atoms. The Morgan fingerprint density at radius 3 is 2.87 bits per heavy atom. The fraction of sp³-hybridized carbons (Fsp3) is 0.727. The first kappa shape index (κ1) is 4.78. The molecule has 0 aliphatic carbocycles. The third kappa shape index (κ3) is 3.86. The van der Waals surface area contributed by atoms with E-state index in [1.165, 1.54) is 20.8 Å². The zero-order chi connectivity index (χ0) is 19.5. The molecule has 0 N–H and O–H groups in total. The molecule has 4 heteroatoms. The molecule has 3 nitrogen and oxygen atoms in total. The van der Waals surface area contributed by atoms with Gasteiger partial charge < -0.3 is 9.64 Å². The van der Waals surface area contributed by atoms with Crippen LogP contribution in [0.25, 0.3) is 0 Å². The number of halogens is 1. The summed E-state index contributed by atoms with van der Waals surface area (Å²) in [6.45, 7) is -5.05. The number of amides is 1. The van der Waals surface area contributed by atoms with Gasteiger partial charge in [0.2, 0.25) is 0 Å². The van der Waals surface area contributed by atoms with Crippen LogP contribution in [0.5, 0.6) is 0 Å². The lowest BCUT2D eigenvalue weighted by atomic mass is 10.1. The number of carbonyl (C=O) groups excluding carboxylic acids is 1. The molecule has 0 unspecified atom stereocenters. The van der Waals surface area contributed by atoms with Gasteiger partial charge in [-0.2, -0.15) is 0 Å². The van der Waals surface area contributed by atoms with Gasteiger partial charge in [-0.25, -0.2) is 4.79 Å². The smallest absolute Gasteiger partial charge is 0.410 e. The molecule has 1 amide bonds. The molecule has 0 aromatic rings. The Labute approximate surface area is 112 Å². The lowest BCUT2D eigenvalue weighted by Gasteiger charge is -2.30. The maximum atomic E-state index is 12.3. The summed E-state index contributed by atoms with van der Waals surface area (Å²) in [6.07, 6.45) is -4.50. The van der Waals surface area contributed by atoms with E-state index in [0.717, 1.165) is 0 Å². The second-order valence-corrected chi connectivity index (χ2v) is 4.65. The average molecular weight is 285 g/mol. The third-order valence-electron chi connectivity index (χ3n) is 1.30. The Kier molecular flexibility index (Phi) is 1.45. The normalized spacial score (nSPS) is 37.9. The minimum absolute atomic E-state index is 0.127. The molecule has 86 valence electrons. The molecule has 0 fully saturated rings. The molecule has 0 spiro atoms. The molecule has 0 aromatic heterocycles. The molecule has 0 atom stereocenters. The lowest BCUT2D eigenvalue weighted by Crippen LogP contribution is -2.40. The van der Waals surface area contributed by atoms with Crippen LogP contribution in [0.4, 0.5) is 4.79 Å². The molecule has 1 aliphatic heterocycles. The van der Waals surface area contributed by atoms with E-state index in [9.17, 15) is 4.79 Å². The number of rotatable bonds is 0. The standard InChI is InChI=1S/C11H18BrNO2/c1-8-7-13(6-5-9(8)12)10(14)15-11(2,3)4/h5-7H2,1-4H3/i1D3,5D2,6D2,7D2. The Morgan fingerprint density at radius 1 is 1.67 bits per heavy atom. The summed E-state index contributed by atoms with van der Waals surface area (Å²) in [5.41, 5.74) is -2.16. The monoisotopic (exact) mass is 284 g/mol. The average Bonchev–Trinajstić information content (AvgIpc) is 2.20. The van der Waals surface area contributed by atoms with Gasteiger partial charge in [0.15, 0.2) is 0 Å². The van der Waals surface area contributed by atoms with Crippen molar-refractivity contribution in [3.05, 3.63) is 10.1 Å². The van der Waals surface area contributed by atoms with Crippen LogP contribution in [-0.2, 0) is 4.74 Å². The Balaban J connectivity index is 3.69. The maximum Gasteiger partial charge on any atom is 0.410 e. The highest BCUT2D eigenvalue weighted by Crippen LogP contribution is 2.23. The highest BCUT2D eigenvalue weighted by molar-refractivity contribution is 9.11. The van der Waals surface area contributed by atoms with Gasteiger partial charge in [0.05, 0.1) is 2.74 Å². The Bertz CT molecular complexity index is 577. The molecule has 1 rings (SSSR count). The lowest BCUT2D eigenvalue weighted by molar-refractivity contribution is 0.0262. The van der Waals surface area contributed by atoms with Crippen LogP contribution in [-0.4, -0.2) is 29.6 Å². The van der Waals surface area contributed by atoms with E-state index < -0.39 is 48.0 Å². The van der Waals surface area contributed by atoms with Crippen molar-refractivity contribution in [1.29, 1.82) is 0 Å². The van der Waals surface area contributed by atoms with Crippen LogP contribution in [0.2, 0.25) is 0 Å². The molecule has 1 heterocycles. The van der Waals surface area contributed by atoms with E-state index >= 15 is 0 Å². The van der Waals surface area contributed by atoms with Crippen LogP contribution in [0.1, 0.15) is 46.3 Å². The summed E-state index contributed by atoms with van der Waals surface area (Å²) in [5.74, 6) is 0. The predicted octanol–water partition coefficient (Wildman–Crippen LogP) is 3.30. The van der Waals surface area contributed by atoms with Crippen molar-refractivity contribution < 1.29 is 21.9 Å². The molecule has 0 bridgehead atoms. The van der Waals surface area contributed by atoms with Crippen molar-refractivity contribution in [3.8, 4) is 0 Å². The van der Waals surface area contributed by atoms with E-state index in [1.807, 2.05) is 0 Å². The van der Waals surface area contributed by atoms with Gasteiger partial charge in [-0.1, -0.05) is 15.9 Å². The second kappa shape index (κ2) is 4.56. The molecule has 0 aromatic carbocycles. The van der Waals surface area contributed by atoms with Gasteiger partial charge in [0.1, 0.15) is 5.60 Å². The largest absolute Gasteiger partial charge is 0.444 e. The van der Waals surface area contributed by atoms with Crippen molar-refractivity contribution in [2.45, 2.75) is 39.6 Å².